The number of carbonyl (C=O) groups excluding carboxylic acids is 1. The highest BCUT2D eigenvalue weighted by Crippen LogP contribution is 2.14. The van der Waals surface area contributed by atoms with Crippen LogP contribution in [0.5, 0.6) is 0 Å². The summed E-state index contributed by atoms with van der Waals surface area (Å²) in [6.07, 6.45) is 0.409. The summed E-state index contributed by atoms with van der Waals surface area (Å²) in [6.45, 7) is 2.64. The highest BCUT2D eigenvalue weighted by molar-refractivity contribution is 5.68. The molecule has 1 rings (SSSR count). The summed E-state index contributed by atoms with van der Waals surface area (Å²) < 4.78 is 5.08. The van der Waals surface area contributed by atoms with Gasteiger partial charge in [-0.25, -0.2) is 0 Å². The Hall–Kier alpha value is -1.35. The van der Waals surface area contributed by atoms with Gasteiger partial charge >= 0.3 is 5.97 Å². The van der Waals surface area contributed by atoms with Gasteiger partial charge in [-0.3, -0.25) is 4.79 Å². The number of ether oxygens (including phenoxy) is 1. The van der Waals surface area contributed by atoms with Crippen LogP contribution in [0.15, 0.2) is 30.3 Å². The minimum atomic E-state index is -0.176. The van der Waals surface area contributed by atoms with Gasteiger partial charge in [0.2, 0.25) is 0 Å². The molecule has 0 saturated carbocycles. The van der Waals surface area contributed by atoms with Gasteiger partial charge in [0.05, 0.1) is 6.61 Å². The number of esters is 1. The molecule has 0 aromatic heterocycles. The first-order valence-electron chi connectivity index (χ1n) is 5.18. The fourth-order valence-electron chi connectivity index (χ4n) is 1.32. The largest absolute Gasteiger partial charge is 0.465 e. The molecule has 3 heteroatoms. The maximum absolute atomic E-state index is 11.0. The average molecular weight is 207 g/mol. The van der Waals surface area contributed by atoms with Crippen molar-refractivity contribution in [1.82, 2.24) is 0 Å². The van der Waals surface area contributed by atoms with E-state index in [9.17, 15) is 4.79 Å². The molecule has 0 amide bonds. The topological polar surface area (TPSA) is 52.3 Å². The molecule has 3 nitrogen and oxygen atoms in total. The maximum Gasteiger partial charge on any atom is 0.305 e. The summed E-state index contributed by atoms with van der Waals surface area (Å²) in [4.78, 5) is 11.0. The summed E-state index contributed by atoms with van der Waals surface area (Å²) in [5, 5.41) is 0. The number of hydrogen-bond donors (Lipinski definition) is 1. The zero-order chi connectivity index (χ0) is 11.1. The molecule has 0 spiro atoms. The molecule has 0 fully saturated rings. The summed E-state index contributed by atoms with van der Waals surface area (Å²) in [5.41, 5.74) is 6.76. The van der Waals surface area contributed by atoms with Crippen LogP contribution in [0.3, 0.4) is 0 Å². The predicted molar refractivity (Wildman–Crippen MR) is 59.5 cm³/mol. The lowest BCUT2D eigenvalue weighted by atomic mass is 10.0. The van der Waals surface area contributed by atoms with Gasteiger partial charge < -0.3 is 10.5 Å². The summed E-state index contributed by atoms with van der Waals surface area (Å²) in [7, 11) is 0. The molecular weight excluding hydrogens is 190 g/mol. The van der Waals surface area contributed by atoms with Gasteiger partial charge in [0, 0.05) is 18.9 Å². The SMILES string of the molecule is CCC(=O)OCC(CN)c1ccccc1. The van der Waals surface area contributed by atoms with E-state index in [4.69, 9.17) is 10.5 Å². The average Bonchev–Trinajstić information content (AvgIpc) is 2.31. The van der Waals surface area contributed by atoms with Crippen molar-refractivity contribution in [2.24, 2.45) is 5.73 Å². The molecule has 82 valence electrons. The molecule has 1 unspecified atom stereocenters. The zero-order valence-electron chi connectivity index (χ0n) is 8.98. The molecule has 0 aliphatic heterocycles. The number of hydrogen-bond acceptors (Lipinski definition) is 3. The molecule has 0 aliphatic carbocycles. The van der Waals surface area contributed by atoms with Crippen LogP contribution in [-0.2, 0) is 9.53 Å². The number of carbonyl (C=O) groups is 1. The molecule has 15 heavy (non-hydrogen) atoms. The van der Waals surface area contributed by atoms with E-state index in [1.807, 2.05) is 30.3 Å². The normalized spacial score (nSPS) is 12.1. The van der Waals surface area contributed by atoms with E-state index in [2.05, 4.69) is 0 Å². The lowest BCUT2D eigenvalue weighted by Gasteiger charge is -2.14. The molecule has 1 aromatic carbocycles. The Morgan fingerprint density at radius 2 is 2.07 bits per heavy atom. The Bertz CT molecular complexity index is 298. The molecule has 0 saturated heterocycles. The smallest absolute Gasteiger partial charge is 0.305 e. The van der Waals surface area contributed by atoms with E-state index in [0.29, 0.717) is 19.6 Å². The van der Waals surface area contributed by atoms with Crippen molar-refractivity contribution < 1.29 is 9.53 Å². The maximum atomic E-state index is 11.0. The molecule has 0 heterocycles. The van der Waals surface area contributed by atoms with Gasteiger partial charge in [-0.2, -0.15) is 0 Å². The van der Waals surface area contributed by atoms with E-state index in [0.717, 1.165) is 5.56 Å². The first-order valence-corrected chi connectivity index (χ1v) is 5.18. The summed E-state index contributed by atoms with van der Waals surface area (Å²) in [5.74, 6) is -0.0777. The van der Waals surface area contributed by atoms with Crippen molar-refractivity contribution in [3.05, 3.63) is 35.9 Å². The minimum absolute atomic E-state index is 0.0988. The van der Waals surface area contributed by atoms with E-state index < -0.39 is 0 Å². The third-order valence-electron chi connectivity index (χ3n) is 2.29. The van der Waals surface area contributed by atoms with Crippen LogP contribution < -0.4 is 5.73 Å². The van der Waals surface area contributed by atoms with Gasteiger partial charge in [0.25, 0.3) is 0 Å². The van der Waals surface area contributed by atoms with Crippen LogP contribution in [-0.4, -0.2) is 19.1 Å². The van der Waals surface area contributed by atoms with Crippen molar-refractivity contribution in [3.8, 4) is 0 Å². The lowest BCUT2D eigenvalue weighted by molar-refractivity contribution is -0.143. The molecule has 0 bridgehead atoms. The highest BCUT2D eigenvalue weighted by atomic mass is 16.5. The molecule has 2 N–H and O–H groups in total. The zero-order valence-corrected chi connectivity index (χ0v) is 8.98. The van der Waals surface area contributed by atoms with Gasteiger partial charge in [0.15, 0.2) is 0 Å². The monoisotopic (exact) mass is 207 g/mol. The molecule has 1 aromatic rings. The molecule has 1 atom stereocenters. The Labute approximate surface area is 90.2 Å². The predicted octanol–water partition coefficient (Wildman–Crippen LogP) is 1.68. The van der Waals surface area contributed by atoms with Crippen LogP contribution in [0.2, 0.25) is 0 Å². The van der Waals surface area contributed by atoms with Gasteiger partial charge in [-0.05, 0) is 5.56 Å². The van der Waals surface area contributed by atoms with Crippen LogP contribution in [0, 0.1) is 0 Å². The van der Waals surface area contributed by atoms with Gasteiger partial charge in [0.1, 0.15) is 0 Å². The molecular formula is C12H17NO2. The fraction of sp³-hybridized carbons (Fsp3) is 0.417. The molecule has 0 radical (unpaired) electrons. The second-order valence-electron chi connectivity index (χ2n) is 3.38. The Morgan fingerprint density at radius 1 is 1.40 bits per heavy atom. The second kappa shape index (κ2) is 6.19. The number of benzene rings is 1. The van der Waals surface area contributed by atoms with Gasteiger partial charge in [-0.15, -0.1) is 0 Å². The van der Waals surface area contributed by atoms with Crippen LogP contribution in [0.25, 0.3) is 0 Å². The summed E-state index contributed by atoms with van der Waals surface area (Å²) >= 11 is 0. The second-order valence-corrected chi connectivity index (χ2v) is 3.38. The third-order valence-corrected chi connectivity index (χ3v) is 2.29. The van der Waals surface area contributed by atoms with Crippen LogP contribution in [0.4, 0.5) is 0 Å². The lowest BCUT2D eigenvalue weighted by Crippen LogP contribution is -2.19. The Balaban J connectivity index is 2.53. The highest BCUT2D eigenvalue weighted by Gasteiger charge is 2.11. The van der Waals surface area contributed by atoms with E-state index >= 15 is 0 Å². The first kappa shape index (κ1) is 11.7. The minimum Gasteiger partial charge on any atom is -0.465 e. The Morgan fingerprint density at radius 3 is 2.60 bits per heavy atom. The standard InChI is InChI=1S/C12H17NO2/c1-2-12(14)15-9-11(8-13)10-6-4-3-5-7-10/h3-7,11H,2,8-9,13H2,1H3. The van der Waals surface area contributed by atoms with E-state index in [1.165, 1.54) is 0 Å². The van der Waals surface area contributed by atoms with Gasteiger partial charge in [-0.1, -0.05) is 37.3 Å². The fourth-order valence-corrected chi connectivity index (χ4v) is 1.32. The first-order chi connectivity index (χ1) is 7.27. The molecule has 0 aliphatic rings. The third kappa shape index (κ3) is 3.72. The van der Waals surface area contributed by atoms with Crippen molar-refractivity contribution >= 4 is 5.97 Å². The van der Waals surface area contributed by atoms with Crippen molar-refractivity contribution in [2.75, 3.05) is 13.2 Å². The quantitative estimate of drug-likeness (QED) is 0.747. The van der Waals surface area contributed by atoms with Crippen molar-refractivity contribution in [3.63, 3.8) is 0 Å². The number of nitrogens with two attached hydrogens (primary N) is 1. The van der Waals surface area contributed by atoms with Crippen LogP contribution in [0.1, 0.15) is 24.8 Å². The summed E-state index contributed by atoms with van der Waals surface area (Å²) in [6, 6.07) is 9.86. The number of rotatable bonds is 5. The van der Waals surface area contributed by atoms with Crippen molar-refractivity contribution in [2.45, 2.75) is 19.3 Å². The van der Waals surface area contributed by atoms with E-state index in [-0.39, 0.29) is 11.9 Å². The van der Waals surface area contributed by atoms with Crippen molar-refractivity contribution in [1.29, 1.82) is 0 Å². The van der Waals surface area contributed by atoms with Crippen LogP contribution >= 0.6 is 0 Å². The Kier molecular flexibility index (Phi) is 4.84. The van der Waals surface area contributed by atoms with E-state index in [1.54, 1.807) is 6.92 Å².